The van der Waals surface area contributed by atoms with E-state index in [0.29, 0.717) is 17.0 Å². The van der Waals surface area contributed by atoms with E-state index in [-0.39, 0.29) is 6.54 Å². The number of aliphatic imine (C=N–C) groups is 1. The van der Waals surface area contributed by atoms with Crippen LogP contribution in [0.4, 0.5) is 11.6 Å². The van der Waals surface area contributed by atoms with Crippen molar-refractivity contribution in [1.29, 1.82) is 0 Å². The molecule has 0 unspecified atom stereocenters. The molecule has 0 aliphatic heterocycles. The van der Waals surface area contributed by atoms with Gasteiger partial charge in [-0.25, -0.2) is 15.0 Å². The molecule has 0 saturated carbocycles. The third-order valence-electron chi connectivity index (χ3n) is 4.02. The summed E-state index contributed by atoms with van der Waals surface area (Å²) in [7, 11) is 3.12. The molecule has 0 atom stereocenters. The van der Waals surface area contributed by atoms with Gasteiger partial charge >= 0.3 is 0 Å². The van der Waals surface area contributed by atoms with Gasteiger partial charge in [0.1, 0.15) is 0 Å². The van der Waals surface area contributed by atoms with Crippen molar-refractivity contribution in [3.05, 3.63) is 47.3 Å². The van der Waals surface area contributed by atoms with Gasteiger partial charge in [0, 0.05) is 31.3 Å². The average Bonchev–Trinajstić information content (AvgIpc) is 2.68. The first-order chi connectivity index (χ1) is 13.9. The van der Waals surface area contributed by atoms with Crippen molar-refractivity contribution >= 4 is 34.9 Å². The summed E-state index contributed by atoms with van der Waals surface area (Å²) >= 11 is 5.48. The van der Waals surface area contributed by atoms with Gasteiger partial charge in [0.25, 0.3) is 0 Å². The van der Waals surface area contributed by atoms with Gasteiger partial charge in [0.2, 0.25) is 11.9 Å². The quantitative estimate of drug-likeness (QED) is 0.275. The molecule has 1 aromatic carbocycles. The Labute approximate surface area is 177 Å². The molecule has 29 heavy (non-hydrogen) atoms. The number of benzene rings is 1. The zero-order chi connectivity index (χ0) is 21.2. The number of aromatic nitrogens is 2. The molecule has 3 N–H and O–H groups in total. The molecule has 0 spiro atoms. The van der Waals surface area contributed by atoms with Crippen LogP contribution in [-0.4, -0.2) is 48.1 Å². The molecule has 0 aliphatic carbocycles. The van der Waals surface area contributed by atoms with E-state index >= 15 is 0 Å². The summed E-state index contributed by atoms with van der Waals surface area (Å²) in [5, 5.41) is 9.77. The Balaban J connectivity index is 2.17. The minimum Gasteiger partial charge on any atom is -0.354 e. The minimum atomic E-state index is -0.476. The highest BCUT2D eigenvalue weighted by molar-refractivity contribution is 7.80. The first-order valence-corrected chi connectivity index (χ1v) is 9.71. The molecule has 8 nitrogen and oxygen atoms in total. The van der Waals surface area contributed by atoms with E-state index in [1.807, 2.05) is 38.1 Å². The number of aryl methyl sites for hydroxylation is 3. The molecule has 0 radical (unpaired) electrons. The third-order valence-corrected chi connectivity index (χ3v) is 4.22. The van der Waals surface area contributed by atoms with E-state index in [1.54, 1.807) is 14.2 Å². The van der Waals surface area contributed by atoms with Crippen molar-refractivity contribution in [2.24, 2.45) is 4.99 Å². The number of hydrogen-bond donors (Lipinski definition) is 3. The second-order valence-electron chi connectivity index (χ2n) is 6.28. The molecular formula is C20H28N6O2S. The van der Waals surface area contributed by atoms with Crippen molar-refractivity contribution in [2.75, 3.05) is 31.4 Å². The molecule has 0 fully saturated rings. The van der Waals surface area contributed by atoms with E-state index in [1.165, 1.54) is 5.56 Å². The zero-order valence-electron chi connectivity index (χ0n) is 17.4. The molecule has 2 aromatic rings. The highest BCUT2D eigenvalue weighted by Gasteiger charge is 2.10. The number of nitrogens with one attached hydrogen (secondary N) is 3. The van der Waals surface area contributed by atoms with E-state index in [0.717, 1.165) is 23.5 Å². The lowest BCUT2D eigenvalue weighted by atomic mass is 10.1. The number of ether oxygens (including phenoxy) is 2. The van der Waals surface area contributed by atoms with Crippen molar-refractivity contribution in [3.8, 4) is 0 Å². The van der Waals surface area contributed by atoms with Gasteiger partial charge in [-0.05, 0) is 50.2 Å². The van der Waals surface area contributed by atoms with E-state index in [2.05, 4.69) is 43.9 Å². The fourth-order valence-corrected chi connectivity index (χ4v) is 2.83. The maximum Gasteiger partial charge on any atom is 0.229 e. The first kappa shape index (κ1) is 22.7. The predicted molar refractivity (Wildman–Crippen MR) is 120 cm³/mol. The molecule has 0 bridgehead atoms. The highest BCUT2D eigenvalue weighted by Crippen LogP contribution is 2.15. The van der Waals surface area contributed by atoms with Gasteiger partial charge in [-0.15, -0.1) is 0 Å². The Hall–Kier alpha value is -2.62. The predicted octanol–water partition coefficient (Wildman–Crippen LogP) is 3.03. The van der Waals surface area contributed by atoms with Crippen molar-refractivity contribution < 1.29 is 9.47 Å². The van der Waals surface area contributed by atoms with Crippen molar-refractivity contribution in [2.45, 2.75) is 33.5 Å². The van der Waals surface area contributed by atoms with Crippen LogP contribution in [0.1, 0.15) is 23.9 Å². The van der Waals surface area contributed by atoms with Crippen molar-refractivity contribution in [3.63, 3.8) is 0 Å². The maximum atomic E-state index is 5.48. The van der Waals surface area contributed by atoms with Crippen LogP contribution in [0, 0.1) is 13.8 Å². The Morgan fingerprint density at radius 2 is 1.76 bits per heavy atom. The van der Waals surface area contributed by atoms with Gasteiger partial charge in [-0.3, -0.25) is 5.32 Å². The summed E-state index contributed by atoms with van der Waals surface area (Å²) in [6, 6.07) is 9.90. The van der Waals surface area contributed by atoms with Crippen LogP contribution >= 0.6 is 12.2 Å². The maximum absolute atomic E-state index is 5.48. The fraction of sp³-hybridized carbons (Fsp3) is 0.400. The molecule has 9 heteroatoms. The minimum absolute atomic E-state index is 0.265. The standard InChI is InChI=1S/C20H28N6O2S/c1-6-15-9-7-8-10-16(15)24-20(29)26-18(21-12-17(27-4)28-5)25-19-22-13(2)11-14(3)23-19/h7-11,17H,6,12H2,1-5H3,(H3,21,22,23,24,25,26,29). The summed E-state index contributed by atoms with van der Waals surface area (Å²) in [4.78, 5) is 13.3. The van der Waals surface area contributed by atoms with Crippen LogP contribution < -0.4 is 16.0 Å². The number of para-hydroxylation sites is 1. The Morgan fingerprint density at radius 1 is 1.10 bits per heavy atom. The number of rotatable bonds is 7. The zero-order valence-corrected chi connectivity index (χ0v) is 18.3. The third kappa shape index (κ3) is 7.37. The smallest absolute Gasteiger partial charge is 0.229 e. The monoisotopic (exact) mass is 416 g/mol. The van der Waals surface area contributed by atoms with Gasteiger partial charge < -0.3 is 20.1 Å². The number of hydrogen-bond acceptors (Lipinski definition) is 6. The molecule has 1 heterocycles. The lowest BCUT2D eigenvalue weighted by molar-refractivity contribution is -0.0937. The summed E-state index contributed by atoms with van der Waals surface area (Å²) in [5.41, 5.74) is 3.81. The van der Waals surface area contributed by atoms with Crippen LogP contribution in [0.25, 0.3) is 0 Å². The van der Waals surface area contributed by atoms with E-state index in [9.17, 15) is 0 Å². The van der Waals surface area contributed by atoms with E-state index < -0.39 is 6.29 Å². The van der Waals surface area contributed by atoms with Gasteiger partial charge in [-0.2, -0.15) is 0 Å². The van der Waals surface area contributed by atoms with Gasteiger partial charge in [0.15, 0.2) is 11.4 Å². The molecule has 156 valence electrons. The first-order valence-electron chi connectivity index (χ1n) is 9.30. The average molecular weight is 417 g/mol. The Kier molecular flexibility index (Phi) is 8.91. The number of nitrogens with zero attached hydrogens (tertiary/aromatic N) is 3. The SMILES string of the molecule is CCc1ccccc1NC(=S)NC(=NCC(OC)OC)Nc1nc(C)cc(C)n1. The summed E-state index contributed by atoms with van der Waals surface area (Å²) in [5.74, 6) is 0.817. The highest BCUT2D eigenvalue weighted by atomic mass is 32.1. The van der Waals surface area contributed by atoms with Crippen LogP contribution in [0.5, 0.6) is 0 Å². The molecule has 2 rings (SSSR count). The van der Waals surface area contributed by atoms with Gasteiger partial charge in [-0.1, -0.05) is 25.1 Å². The van der Waals surface area contributed by atoms with Gasteiger partial charge in [0.05, 0.1) is 6.54 Å². The lowest BCUT2D eigenvalue weighted by Crippen LogP contribution is -2.40. The Bertz CT molecular complexity index is 834. The van der Waals surface area contributed by atoms with Crippen LogP contribution in [-0.2, 0) is 15.9 Å². The molecule has 0 aliphatic rings. The summed E-state index contributed by atoms with van der Waals surface area (Å²) in [6.45, 7) is 6.17. The molecule has 1 aromatic heterocycles. The number of methoxy groups -OCH3 is 2. The molecule has 0 saturated heterocycles. The van der Waals surface area contributed by atoms with Crippen LogP contribution in [0.2, 0.25) is 0 Å². The number of guanidine groups is 1. The van der Waals surface area contributed by atoms with E-state index in [4.69, 9.17) is 21.7 Å². The van der Waals surface area contributed by atoms with Crippen molar-refractivity contribution in [1.82, 2.24) is 15.3 Å². The molecule has 0 amide bonds. The topological polar surface area (TPSA) is 92.7 Å². The second kappa shape index (κ2) is 11.4. The second-order valence-corrected chi connectivity index (χ2v) is 6.69. The van der Waals surface area contributed by atoms with Crippen LogP contribution in [0.3, 0.4) is 0 Å². The normalized spacial score (nSPS) is 11.4. The van der Waals surface area contributed by atoms with Crippen LogP contribution in [0.15, 0.2) is 35.3 Å². The molecular weight excluding hydrogens is 388 g/mol. The lowest BCUT2D eigenvalue weighted by Gasteiger charge is -2.17. The summed E-state index contributed by atoms with van der Waals surface area (Å²) < 4.78 is 10.4. The Morgan fingerprint density at radius 3 is 2.38 bits per heavy atom. The largest absolute Gasteiger partial charge is 0.354 e. The number of anilines is 2. The fourth-order valence-electron chi connectivity index (χ4n) is 2.62. The number of thiocarbonyl (C=S) groups is 1. The summed E-state index contributed by atoms with van der Waals surface area (Å²) in [6.07, 6.45) is 0.418.